The summed E-state index contributed by atoms with van der Waals surface area (Å²) >= 11 is 1.73. The second-order valence-corrected chi connectivity index (χ2v) is 5.75. The van der Waals surface area contributed by atoms with Crippen molar-refractivity contribution < 1.29 is 0 Å². The third kappa shape index (κ3) is 2.42. The predicted octanol–water partition coefficient (Wildman–Crippen LogP) is 1.07. The van der Waals surface area contributed by atoms with E-state index in [0.717, 1.165) is 5.16 Å². The Bertz CT molecular complexity index is 427. The Morgan fingerprint density at radius 3 is 2.94 bits per heavy atom. The van der Waals surface area contributed by atoms with Crippen molar-refractivity contribution in [3.8, 4) is 0 Å². The Hall–Kier alpha value is -0.750. The van der Waals surface area contributed by atoms with E-state index in [1.807, 2.05) is 14.0 Å². The van der Waals surface area contributed by atoms with Crippen molar-refractivity contribution >= 4 is 11.8 Å². The summed E-state index contributed by atoms with van der Waals surface area (Å²) in [6.45, 7) is 4.91. The summed E-state index contributed by atoms with van der Waals surface area (Å²) in [5, 5.41) is 11.4. The van der Waals surface area contributed by atoms with Gasteiger partial charge in [0.25, 0.3) is 0 Å². The largest absolute Gasteiger partial charge is 0.343 e. The van der Waals surface area contributed by atoms with Crippen molar-refractivity contribution in [2.24, 2.45) is 5.92 Å². The van der Waals surface area contributed by atoms with Crippen molar-refractivity contribution in [2.45, 2.75) is 49.7 Å². The van der Waals surface area contributed by atoms with Gasteiger partial charge in [0.05, 0.1) is 0 Å². The van der Waals surface area contributed by atoms with Crippen LogP contribution in [0.3, 0.4) is 0 Å². The van der Waals surface area contributed by atoms with Gasteiger partial charge in [-0.3, -0.25) is 4.57 Å². The minimum atomic E-state index is -0.106. The predicted molar refractivity (Wildman–Crippen MR) is 69.4 cm³/mol. The minimum absolute atomic E-state index is 0.106. The molecule has 1 heterocycles. The first-order chi connectivity index (χ1) is 8.17. The maximum absolute atomic E-state index is 11.5. The Morgan fingerprint density at radius 2 is 2.35 bits per heavy atom. The fourth-order valence-electron chi connectivity index (χ4n) is 2.51. The highest BCUT2D eigenvalue weighted by Gasteiger charge is 2.33. The van der Waals surface area contributed by atoms with Gasteiger partial charge in [-0.25, -0.2) is 9.89 Å². The highest BCUT2D eigenvalue weighted by molar-refractivity contribution is 7.99. The summed E-state index contributed by atoms with van der Waals surface area (Å²) in [6, 6.07) is 0.591. The van der Waals surface area contributed by atoms with Crippen molar-refractivity contribution in [1.29, 1.82) is 0 Å². The van der Waals surface area contributed by atoms with Crippen molar-refractivity contribution in [3.05, 3.63) is 10.5 Å². The van der Waals surface area contributed by atoms with Crippen LogP contribution in [-0.4, -0.2) is 33.1 Å². The Morgan fingerprint density at radius 1 is 1.59 bits per heavy atom. The van der Waals surface area contributed by atoms with Crippen molar-refractivity contribution in [1.82, 2.24) is 20.1 Å². The fraction of sp³-hybridized carbons (Fsp3) is 0.818. The number of aromatic nitrogens is 3. The van der Waals surface area contributed by atoms with Crippen LogP contribution in [0.1, 0.15) is 26.7 Å². The lowest BCUT2D eigenvalue weighted by molar-refractivity contribution is 0.463. The van der Waals surface area contributed by atoms with Crippen LogP contribution in [0.25, 0.3) is 0 Å². The fourth-order valence-corrected chi connectivity index (χ4v) is 3.88. The number of thioether (sulfide) groups is 1. The lowest BCUT2D eigenvalue weighted by Gasteiger charge is -2.19. The summed E-state index contributed by atoms with van der Waals surface area (Å²) in [5.74, 6) is 0.613. The molecule has 0 saturated heterocycles. The van der Waals surface area contributed by atoms with E-state index in [1.165, 1.54) is 12.8 Å². The molecule has 3 unspecified atom stereocenters. The van der Waals surface area contributed by atoms with E-state index in [2.05, 4.69) is 22.4 Å². The van der Waals surface area contributed by atoms with Gasteiger partial charge >= 0.3 is 5.69 Å². The molecule has 2 N–H and O–H groups in total. The molecule has 6 heteroatoms. The molecule has 1 fully saturated rings. The zero-order valence-electron chi connectivity index (χ0n) is 10.6. The van der Waals surface area contributed by atoms with E-state index in [9.17, 15) is 4.79 Å². The average molecular weight is 256 g/mol. The Kier molecular flexibility index (Phi) is 3.93. The number of nitrogens with one attached hydrogen (secondary N) is 2. The van der Waals surface area contributed by atoms with Crippen LogP contribution in [0.2, 0.25) is 0 Å². The SMILES string of the molecule is CCn1c(SC2CCC(NC)C2C)n[nH]c1=O. The molecule has 1 aliphatic rings. The molecule has 3 atom stereocenters. The molecular weight excluding hydrogens is 236 g/mol. The van der Waals surface area contributed by atoms with Gasteiger partial charge in [0.1, 0.15) is 0 Å². The van der Waals surface area contributed by atoms with Crippen LogP contribution in [-0.2, 0) is 6.54 Å². The van der Waals surface area contributed by atoms with Gasteiger partial charge in [-0.2, -0.15) is 0 Å². The van der Waals surface area contributed by atoms with Crippen LogP contribution in [0.15, 0.2) is 9.95 Å². The molecule has 1 aliphatic carbocycles. The molecule has 1 aromatic rings. The van der Waals surface area contributed by atoms with Crippen LogP contribution in [0, 0.1) is 5.92 Å². The summed E-state index contributed by atoms with van der Waals surface area (Å²) in [5.41, 5.74) is -0.106. The normalized spacial score (nSPS) is 28.8. The maximum Gasteiger partial charge on any atom is 0.343 e. The van der Waals surface area contributed by atoms with Crippen molar-refractivity contribution in [3.63, 3.8) is 0 Å². The highest BCUT2D eigenvalue weighted by atomic mass is 32.2. The number of aromatic amines is 1. The first kappa shape index (κ1) is 12.7. The van der Waals surface area contributed by atoms with Crippen LogP contribution in [0.4, 0.5) is 0 Å². The molecule has 0 bridgehead atoms. The summed E-state index contributed by atoms with van der Waals surface area (Å²) in [4.78, 5) is 11.5. The molecule has 1 aromatic heterocycles. The maximum atomic E-state index is 11.5. The molecule has 96 valence electrons. The van der Waals surface area contributed by atoms with Crippen LogP contribution < -0.4 is 11.0 Å². The van der Waals surface area contributed by atoms with E-state index in [4.69, 9.17) is 0 Å². The van der Waals surface area contributed by atoms with E-state index in [-0.39, 0.29) is 5.69 Å². The third-order valence-corrected chi connectivity index (χ3v) is 5.14. The van der Waals surface area contributed by atoms with E-state index in [1.54, 1.807) is 16.3 Å². The molecule has 5 nitrogen and oxygen atoms in total. The smallest absolute Gasteiger partial charge is 0.317 e. The molecule has 0 radical (unpaired) electrons. The van der Waals surface area contributed by atoms with Gasteiger partial charge in [-0.15, -0.1) is 5.10 Å². The second-order valence-electron chi connectivity index (χ2n) is 4.54. The zero-order chi connectivity index (χ0) is 12.4. The minimum Gasteiger partial charge on any atom is -0.317 e. The molecule has 1 saturated carbocycles. The Balaban J connectivity index is 2.09. The topological polar surface area (TPSA) is 62.7 Å². The Labute approximate surface area is 105 Å². The lowest BCUT2D eigenvalue weighted by Crippen LogP contribution is -2.30. The van der Waals surface area contributed by atoms with Crippen LogP contribution in [0.5, 0.6) is 0 Å². The molecule has 17 heavy (non-hydrogen) atoms. The van der Waals surface area contributed by atoms with Gasteiger partial charge in [-0.05, 0) is 32.7 Å². The van der Waals surface area contributed by atoms with Gasteiger partial charge in [0.2, 0.25) is 0 Å². The quantitative estimate of drug-likeness (QED) is 0.846. The first-order valence-electron chi connectivity index (χ1n) is 6.16. The molecule has 0 spiro atoms. The molecule has 0 aliphatic heterocycles. The van der Waals surface area contributed by atoms with Gasteiger partial charge in [0, 0.05) is 17.8 Å². The van der Waals surface area contributed by atoms with Crippen LogP contribution >= 0.6 is 11.8 Å². The van der Waals surface area contributed by atoms with E-state index in [0.29, 0.717) is 23.8 Å². The monoisotopic (exact) mass is 256 g/mol. The van der Waals surface area contributed by atoms with E-state index < -0.39 is 0 Å². The first-order valence-corrected chi connectivity index (χ1v) is 7.04. The number of hydrogen-bond acceptors (Lipinski definition) is 4. The summed E-state index contributed by atoms with van der Waals surface area (Å²) in [6.07, 6.45) is 2.39. The van der Waals surface area contributed by atoms with Gasteiger partial charge in [-0.1, -0.05) is 18.7 Å². The summed E-state index contributed by atoms with van der Waals surface area (Å²) in [7, 11) is 2.02. The average Bonchev–Trinajstić information content (AvgIpc) is 2.84. The number of H-pyrrole nitrogens is 1. The molecular formula is C11H20N4OS. The second kappa shape index (κ2) is 5.27. The number of nitrogens with zero attached hydrogens (tertiary/aromatic N) is 2. The third-order valence-electron chi connectivity index (χ3n) is 3.65. The zero-order valence-corrected chi connectivity index (χ0v) is 11.4. The van der Waals surface area contributed by atoms with Crippen molar-refractivity contribution in [2.75, 3.05) is 7.05 Å². The number of hydrogen-bond donors (Lipinski definition) is 2. The lowest BCUT2D eigenvalue weighted by atomic mass is 10.1. The number of rotatable bonds is 4. The molecule has 2 rings (SSSR count). The van der Waals surface area contributed by atoms with Gasteiger partial charge in [0.15, 0.2) is 5.16 Å². The highest BCUT2D eigenvalue weighted by Crippen LogP contribution is 2.37. The van der Waals surface area contributed by atoms with E-state index >= 15 is 0 Å². The van der Waals surface area contributed by atoms with Gasteiger partial charge < -0.3 is 5.32 Å². The standard InChI is InChI=1S/C11H20N4OS/c1-4-15-10(16)13-14-11(15)17-9-6-5-8(12-3)7(9)2/h7-9,12H,4-6H2,1-3H3,(H,13,16). The summed E-state index contributed by atoms with van der Waals surface area (Å²) < 4.78 is 1.70. The molecule has 0 amide bonds. The molecule has 0 aromatic carbocycles.